The van der Waals surface area contributed by atoms with Crippen molar-refractivity contribution in [1.29, 1.82) is 0 Å². The number of methoxy groups -OCH3 is 1. The second kappa shape index (κ2) is 11.5. The van der Waals surface area contributed by atoms with E-state index in [1.165, 1.54) is 12.7 Å². The summed E-state index contributed by atoms with van der Waals surface area (Å²) in [5.74, 6) is 0.840. The van der Waals surface area contributed by atoms with E-state index in [-0.39, 0.29) is 23.5 Å². The lowest BCUT2D eigenvalue weighted by molar-refractivity contribution is -0.146. The Labute approximate surface area is 186 Å². The quantitative estimate of drug-likeness (QED) is 0.394. The number of guanidine groups is 1. The molecule has 2 N–H and O–H groups in total. The number of carbonyl (C=O) groups excluding carboxylic acids is 1. The van der Waals surface area contributed by atoms with Crippen molar-refractivity contribution in [2.24, 2.45) is 10.9 Å². The van der Waals surface area contributed by atoms with Crippen LogP contribution in [0, 0.1) is 5.92 Å². The van der Waals surface area contributed by atoms with Crippen molar-refractivity contribution in [3.8, 4) is 0 Å². The number of carbonyl (C=O) groups is 1. The van der Waals surface area contributed by atoms with Gasteiger partial charge < -0.3 is 25.0 Å². The van der Waals surface area contributed by atoms with Gasteiger partial charge >= 0.3 is 5.97 Å². The molecule has 0 amide bonds. The van der Waals surface area contributed by atoms with Gasteiger partial charge in [-0.05, 0) is 45.1 Å². The Morgan fingerprint density at radius 3 is 2.55 bits per heavy atom. The Bertz CT molecular complexity index is 711. The fourth-order valence-electron chi connectivity index (χ4n) is 4.54. The maximum atomic E-state index is 11.9. The van der Waals surface area contributed by atoms with Crippen LogP contribution in [0.25, 0.3) is 0 Å². The number of likely N-dealkylation sites (tertiary alicyclic amines) is 1. The van der Waals surface area contributed by atoms with E-state index < -0.39 is 0 Å². The third-order valence-electron chi connectivity index (χ3n) is 6.47. The molecule has 1 aromatic carbocycles. The highest BCUT2D eigenvalue weighted by molar-refractivity contribution is 5.80. The number of benzene rings is 1. The van der Waals surface area contributed by atoms with Crippen LogP contribution < -0.4 is 10.6 Å². The average molecular weight is 431 g/mol. The molecule has 0 saturated carbocycles. The van der Waals surface area contributed by atoms with Gasteiger partial charge in [0.25, 0.3) is 0 Å². The second-order valence-corrected chi connectivity index (χ2v) is 8.62. The third-order valence-corrected chi connectivity index (χ3v) is 6.47. The van der Waals surface area contributed by atoms with Gasteiger partial charge in [-0.25, -0.2) is 0 Å². The van der Waals surface area contributed by atoms with Crippen LogP contribution in [0.15, 0.2) is 35.3 Å². The zero-order valence-corrected chi connectivity index (χ0v) is 19.2. The smallest absolute Gasteiger partial charge is 0.308 e. The SMILES string of the molecule is CCNC(=NCC1(NC(C)c2ccccc2)CCOCC1)N1CCC(C(=O)OC)CC1. The van der Waals surface area contributed by atoms with Gasteiger partial charge in [0.1, 0.15) is 0 Å². The summed E-state index contributed by atoms with van der Waals surface area (Å²) in [5.41, 5.74) is 1.20. The molecule has 7 heteroatoms. The van der Waals surface area contributed by atoms with E-state index >= 15 is 0 Å². The first-order valence-electron chi connectivity index (χ1n) is 11.6. The van der Waals surface area contributed by atoms with Gasteiger partial charge in [-0.2, -0.15) is 0 Å². The van der Waals surface area contributed by atoms with Crippen LogP contribution in [0.5, 0.6) is 0 Å². The highest BCUT2D eigenvalue weighted by Crippen LogP contribution is 2.26. The molecule has 1 unspecified atom stereocenters. The van der Waals surface area contributed by atoms with E-state index in [0.29, 0.717) is 6.54 Å². The predicted octanol–water partition coefficient (Wildman–Crippen LogP) is 2.74. The molecule has 31 heavy (non-hydrogen) atoms. The molecule has 2 saturated heterocycles. The number of piperidine rings is 1. The van der Waals surface area contributed by atoms with E-state index in [9.17, 15) is 4.79 Å². The number of nitrogens with one attached hydrogen (secondary N) is 2. The molecular weight excluding hydrogens is 392 g/mol. The Morgan fingerprint density at radius 2 is 1.94 bits per heavy atom. The highest BCUT2D eigenvalue weighted by atomic mass is 16.5. The monoisotopic (exact) mass is 430 g/mol. The third kappa shape index (κ3) is 6.43. The van der Waals surface area contributed by atoms with E-state index in [2.05, 4.69) is 59.7 Å². The molecule has 2 fully saturated rings. The molecule has 1 atom stereocenters. The lowest BCUT2D eigenvalue weighted by atomic mass is 9.88. The van der Waals surface area contributed by atoms with Gasteiger partial charge in [-0.1, -0.05) is 30.3 Å². The summed E-state index contributed by atoms with van der Waals surface area (Å²) >= 11 is 0. The van der Waals surface area contributed by atoms with Crippen LogP contribution in [0.4, 0.5) is 0 Å². The molecule has 3 rings (SSSR count). The molecule has 0 bridgehead atoms. The largest absolute Gasteiger partial charge is 0.469 e. The summed E-state index contributed by atoms with van der Waals surface area (Å²) in [6.45, 7) is 8.98. The Morgan fingerprint density at radius 1 is 1.26 bits per heavy atom. The minimum absolute atomic E-state index is 0.000601. The van der Waals surface area contributed by atoms with Crippen molar-refractivity contribution >= 4 is 11.9 Å². The topological polar surface area (TPSA) is 75.2 Å². The average Bonchev–Trinajstić information content (AvgIpc) is 2.82. The van der Waals surface area contributed by atoms with Gasteiger partial charge in [0.05, 0.1) is 19.6 Å². The normalized spacial score (nSPS) is 20.9. The number of hydrogen-bond donors (Lipinski definition) is 2. The predicted molar refractivity (Wildman–Crippen MR) is 123 cm³/mol. The van der Waals surface area contributed by atoms with Crippen LogP contribution in [-0.2, 0) is 14.3 Å². The zero-order valence-electron chi connectivity index (χ0n) is 19.2. The number of rotatable bonds is 7. The molecule has 172 valence electrons. The first kappa shape index (κ1) is 23.5. The van der Waals surface area contributed by atoms with Crippen LogP contribution >= 0.6 is 0 Å². The Kier molecular flexibility index (Phi) is 8.72. The van der Waals surface area contributed by atoms with Gasteiger partial charge in [-0.3, -0.25) is 9.79 Å². The molecule has 2 heterocycles. The maximum absolute atomic E-state index is 11.9. The fraction of sp³-hybridized carbons (Fsp3) is 0.667. The maximum Gasteiger partial charge on any atom is 0.308 e. The molecule has 1 aromatic rings. The van der Waals surface area contributed by atoms with Crippen molar-refractivity contribution in [2.45, 2.75) is 51.1 Å². The van der Waals surface area contributed by atoms with E-state index in [1.54, 1.807) is 0 Å². The first-order valence-corrected chi connectivity index (χ1v) is 11.6. The lowest BCUT2D eigenvalue weighted by Crippen LogP contribution is -2.54. The molecular formula is C24H38N4O3. The minimum atomic E-state index is -0.0955. The number of esters is 1. The summed E-state index contributed by atoms with van der Waals surface area (Å²) in [6, 6.07) is 10.8. The second-order valence-electron chi connectivity index (χ2n) is 8.62. The van der Waals surface area contributed by atoms with Crippen LogP contribution in [0.1, 0.15) is 51.1 Å². The molecule has 0 spiro atoms. The summed E-state index contributed by atoms with van der Waals surface area (Å²) in [5, 5.41) is 7.34. The van der Waals surface area contributed by atoms with Crippen LogP contribution in [-0.4, -0.2) is 68.9 Å². The van der Waals surface area contributed by atoms with Gasteiger partial charge in [-0.15, -0.1) is 0 Å². The number of aliphatic imine (C=N–C) groups is 1. The van der Waals surface area contributed by atoms with E-state index in [0.717, 1.165) is 64.5 Å². The Hall–Kier alpha value is -2.12. The zero-order chi connectivity index (χ0) is 22.1. The van der Waals surface area contributed by atoms with E-state index in [1.807, 2.05) is 0 Å². The van der Waals surface area contributed by atoms with Crippen LogP contribution in [0.2, 0.25) is 0 Å². The summed E-state index contributed by atoms with van der Waals surface area (Å²) in [7, 11) is 1.47. The van der Waals surface area contributed by atoms with Gasteiger partial charge in [0, 0.05) is 44.4 Å². The minimum Gasteiger partial charge on any atom is -0.469 e. The van der Waals surface area contributed by atoms with E-state index in [4.69, 9.17) is 14.5 Å². The molecule has 0 radical (unpaired) electrons. The van der Waals surface area contributed by atoms with Crippen molar-refractivity contribution in [2.75, 3.05) is 46.5 Å². The molecule has 0 aliphatic carbocycles. The van der Waals surface area contributed by atoms with Crippen molar-refractivity contribution in [1.82, 2.24) is 15.5 Å². The molecule has 0 aromatic heterocycles. The molecule has 2 aliphatic rings. The number of hydrogen-bond acceptors (Lipinski definition) is 5. The lowest BCUT2D eigenvalue weighted by Gasteiger charge is -2.40. The van der Waals surface area contributed by atoms with Gasteiger partial charge in [0.15, 0.2) is 5.96 Å². The van der Waals surface area contributed by atoms with Crippen molar-refractivity contribution in [3.05, 3.63) is 35.9 Å². The summed E-state index contributed by atoms with van der Waals surface area (Å²) < 4.78 is 10.6. The molecule has 2 aliphatic heterocycles. The summed E-state index contributed by atoms with van der Waals surface area (Å²) in [4.78, 5) is 19.2. The number of ether oxygens (including phenoxy) is 2. The fourth-order valence-corrected chi connectivity index (χ4v) is 4.54. The van der Waals surface area contributed by atoms with Crippen molar-refractivity contribution in [3.63, 3.8) is 0 Å². The number of nitrogens with zero attached hydrogens (tertiary/aromatic N) is 2. The highest BCUT2D eigenvalue weighted by Gasteiger charge is 2.34. The van der Waals surface area contributed by atoms with Crippen molar-refractivity contribution < 1.29 is 14.3 Å². The Balaban J connectivity index is 1.69. The molecule has 7 nitrogen and oxygen atoms in total. The summed E-state index contributed by atoms with van der Waals surface area (Å²) in [6.07, 6.45) is 3.49. The standard InChI is InChI=1S/C24H38N4O3/c1-4-25-23(28-14-10-21(11-15-28)22(29)30-3)26-18-24(12-16-31-17-13-24)27-19(2)20-8-6-5-7-9-20/h5-9,19,21,27H,4,10-18H2,1-3H3,(H,25,26). The van der Waals surface area contributed by atoms with Gasteiger partial charge in [0.2, 0.25) is 0 Å². The van der Waals surface area contributed by atoms with Crippen LogP contribution in [0.3, 0.4) is 0 Å². The first-order chi connectivity index (χ1) is 15.1.